The van der Waals surface area contributed by atoms with Gasteiger partial charge in [0.1, 0.15) is 11.4 Å². The van der Waals surface area contributed by atoms with Crippen molar-refractivity contribution in [2.45, 2.75) is 66.3 Å². The average molecular weight is 670 g/mol. The maximum Gasteiger partial charge on any atom is 0.275 e. The molecule has 0 radical (unpaired) electrons. The summed E-state index contributed by atoms with van der Waals surface area (Å²) in [4.78, 5) is 29.7. The highest BCUT2D eigenvalue weighted by molar-refractivity contribution is 6.35. The Morgan fingerprint density at radius 1 is 0.957 bits per heavy atom. The Hall–Kier alpha value is -4.07. The standard InChI is InChI=1S/C38H38Cl2N4O3/c1-20-17-26(18-21(2)35(20)40)47-16-8-10-27-28-13-14-29(39)34(32-23(4)41-42(6)24(32)5)36(28)44-22(3)19-43(38(46)37(27)44)30-11-7-9-25-12-15-31(45)33(25)30/h7,9,11,13-14,17-18,22H,8,10,12,15-16,19H2,1-6H3/t22-/m1/s1. The lowest BCUT2D eigenvalue weighted by Gasteiger charge is -2.35. The summed E-state index contributed by atoms with van der Waals surface area (Å²) < 4.78 is 10.3. The first-order chi connectivity index (χ1) is 22.5. The molecule has 7 nitrogen and oxygen atoms in total. The van der Waals surface area contributed by atoms with Crippen molar-refractivity contribution in [3.8, 4) is 16.9 Å². The highest BCUT2D eigenvalue weighted by atomic mass is 35.5. The van der Waals surface area contributed by atoms with Crippen LogP contribution in [-0.2, 0) is 19.9 Å². The number of aryl methyl sites for hydroxylation is 6. The summed E-state index contributed by atoms with van der Waals surface area (Å²) >= 11 is 13.4. The van der Waals surface area contributed by atoms with Gasteiger partial charge in [-0.3, -0.25) is 14.3 Å². The number of fused-ring (bicyclic) bond motifs is 4. The molecule has 0 unspecified atom stereocenters. The Kier molecular flexibility index (Phi) is 7.96. The van der Waals surface area contributed by atoms with Crippen LogP contribution in [0.4, 0.5) is 5.69 Å². The van der Waals surface area contributed by atoms with Crippen LogP contribution in [0.2, 0.25) is 10.0 Å². The van der Waals surface area contributed by atoms with Gasteiger partial charge >= 0.3 is 0 Å². The zero-order valence-electron chi connectivity index (χ0n) is 27.6. The molecular weight excluding hydrogens is 631 g/mol. The molecule has 1 amide bonds. The minimum Gasteiger partial charge on any atom is -0.494 e. The molecule has 47 heavy (non-hydrogen) atoms. The Labute approximate surface area is 285 Å². The number of hydrogen-bond acceptors (Lipinski definition) is 4. The second-order valence-corrected chi connectivity index (χ2v) is 13.8. The van der Waals surface area contributed by atoms with Crippen molar-refractivity contribution in [1.82, 2.24) is 14.3 Å². The van der Waals surface area contributed by atoms with Gasteiger partial charge in [-0.2, -0.15) is 5.10 Å². The number of ether oxygens (including phenoxy) is 1. The number of aromatic nitrogens is 3. The number of amides is 1. The average Bonchev–Trinajstić information content (AvgIpc) is 3.66. The third-order valence-corrected chi connectivity index (χ3v) is 10.8. The number of benzene rings is 3. The van der Waals surface area contributed by atoms with Gasteiger partial charge in [0.05, 0.1) is 28.5 Å². The largest absolute Gasteiger partial charge is 0.494 e. The molecule has 1 aliphatic carbocycles. The lowest BCUT2D eigenvalue weighted by atomic mass is 9.98. The third-order valence-electron chi connectivity index (χ3n) is 9.88. The number of rotatable bonds is 7. The van der Waals surface area contributed by atoms with Gasteiger partial charge in [0.15, 0.2) is 5.78 Å². The number of Topliss-reactive ketones (excluding diaryl/α,β-unsaturated/α-hetero) is 1. The monoisotopic (exact) mass is 668 g/mol. The zero-order valence-corrected chi connectivity index (χ0v) is 29.1. The van der Waals surface area contributed by atoms with E-state index in [9.17, 15) is 9.59 Å². The smallest absolute Gasteiger partial charge is 0.275 e. The molecule has 1 atom stereocenters. The molecule has 0 bridgehead atoms. The summed E-state index contributed by atoms with van der Waals surface area (Å²) in [7, 11) is 1.94. The molecular formula is C38H38Cl2N4O3. The molecule has 0 spiro atoms. The summed E-state index contributed by atoms with van der Waals surface area (Å²) in [6, 6.07) is 13.7. The predicted octanol–water partition coefficient (Wildman–Crippen LogP) is 8.94. The van der Waals surface area contributed by atoms with E-state index < -0.39 is 0 Å². The first-order valence-electron chi connectivity index (χ1n) is 16.2. The molecule has 0 N–H and O–H groups in total. The molecule has 0 saturated carbocycles. The van der Waals surface area contributed by atoms with Crippen molar-refractivity contribution < 1.29 is 14.3 Å². The van der Waals surface area contributed by atoms with Gasteiger partial charge in [-0.15, -0.1) is 0 Å². The van der Waals surface area contributed by atoms with Crippen LogP contribution >= 0.6 is 23.2 Å². The van der Waals surface area contributed by atoms with Crippen molar-refractivity contribution in [3.05, 3.63) is 97.4 Å². The number of carbonyl (C=O) groups excluding carboxylic acids is 2. The number of ketones is 1. The van der Waals surface area contributed by atoms with Gasteiger partial charge in [-0.25, -0.2) is 0 Å². The summed E-state index contributed by atoms with van der Waals surface area (Å²) in [5, 5.41) is 7.07. The van der Waals surface area contributed by atoms with E-state index in [0.29, 0.717) is 60.8 Å². The number of hydrogen-bond donors (Lipinski definition) is 0. The Balaban J connectivity index is 1.36. The molecule has 7 rings (SSSR count). The van der Waals surface area contributed by atoms with Crippen LogP contribution in [-0.4, -0.2) is 39.2 Å². The Bertz CT molecular complexity index is 2100. The topological polar surface area (TPSA) is 69.4 Å². The van der Waals surface area contributed by atoms with Crippen molar-refractivity contribution in [2.24, 2.45) is 7.05 Å². The van der Waals surface area contributed by atoms with Crippen molar-refractivity contribution in [2.75, 3.05) is 18.1 Å². The van der Waals surface area contributed by atoms with E-state index in [1.54, 1.807) is 0 Å². The van der Waals surface area contributed by atoms with E-state index in [4.69, 9.17) is 33.0 Å². The minimum atomic E-state index is -0.103. The first-order valence-corrected chi connectivity index (χ1v) is 17.0. The fourth-order valence-corrected chi connectivity index (χ4v) is 8.01. The van der Waals surface area contributed by atoms with Crippen molar-refractivity contribution in [1.29, 1.82) is 0 Å². The highest BCUT2D eigenvalue weighted by Crippen LogP contribution is 2.45. The quantitative estimate of drug-likeness (QED) is 0.162. The number of anilines is 1. The van der Waals surface area contributed by atoms with Gasteiger partial charge in [-0.05, 0) is 100 Å². The molecule has 0 fully saturated rings. The normalized spacial score (nSPS) is 15.9. The number of nitrogens with zero attached hydrogens (tertiary/aromatic N) is 4. The SMILES string of the molecule is Cc1cc(OCCCc2c3n(c4c(-c5c(C)nn(C)c5C)c(Cl)ccc24)[C@H](C)CN(c2cccc4c2C(=O)CC4)C3=O)cc(C)c1Cl. The van der Waals surface area contributed by atoms with Crippen LogP contribution in [0.15, 0.2) is 42.5 Å². The van der Waals surface area contributed by atoms with Gasteiger partial charge in [-0.1, -0.05) is 41.4 Å². The lowest BCUT2D eigenvalue weighted by Crippen LogP contribution is -2.43. The number of halogens is 2. The maximum atomic E-state index is 14.8. The Morgan fingerprint density at radius 2 is 1.70 bits per heavy atom. The van der Waals surface area contributed by atoms with Gasteiger partial charge < -0.3 is 14.2 Å². The summed E-state index contributed by atoms with van der Waals surface area (Å²) in [5.41, 5.74) is 10.7. The summed E-state index contributed by atoms with van der Waals surface area (Å²) in [5.74, 6) is 0.779. The van der Waals surface area contributed by atoms with Crippen LogP contribution < -0.4 is 9.64 Å². The highest BCUT2D eigenvalue weighted by Gasteiger charge is 2.38. The Morgan fingerprint density at radius 3 is 2.40 bits per heavy atom. The summed E-state index contributed by atoms with van der Waals surface area (Å²) in [6.45, 7) is 11.1. The second-order valence-electron chi connectivity index (χ2n) is 13.0. The number of carbonyl (C=O) groups is 2. The van der Waals surface area contributed by atoms with E-state index in [1.165, 1.54) is 0 Å². The van der Waals surface area contributed by atoms with Crippen LogP contribution in [0.25, 0.3) is 22.0 Å². The second kappa shape index (κ2) is 11.9. The van der Waals surface area contributed by atoms with Gasteiger partial charge in [0.25, 0.3) is 5.91 Å². The molecule has 0 saturated heterocycles. The van der Waals surface area contributed by atoms with E-state index in [1.807, 2.05) is 86.8 Å². The van der Waals surface area contributed by atoms with Gasteiger partial charge in [0, 0.05) is 58.8 Å². The lowest BCUT2D eigenvalue weighted by molar-refractivity contribution is 0.0957. The molecule has 1 aliphatic heterocycles. The van der Waals surface area contributed by atoms with E-state index in [-0.39, 0.29) is 17.7 Å². The fourth-order valence-electron chi connectivity index (χ4n) is 7.65. The van der Waals surface area contributed by atoms with Crippen LogP contribution in [0.1, 0.15) is 80.3 Å². The van der Waals surface area contributed by atoms with E-state index >= 15 is 0 Å². The fraction of sp³-hybridized carbons (Fsp3) is 0.342. The van der Waals surface area contributed by atoms with E-state index in [2.05, 4.69) is 11.5 Å². The first kappa shape index (κ1) is 31.5. The minimum absolute atomic E-state index is 0.0860. The van der Waals surface area contributed by atoms with Gasteiger partial charge in [0.2, 0.25) is 0 Å². The van der Waals surface area contributed by atoms with E-state index in [0.717, 1.165) is 66.4 Å². The molecule has 5 aromatic rings. The predicted molar refractivity (Wildman–Crippen MR) is 189 cm³/mol. The zero-order chi connectivity index (χ0) is 33.3. The third kappa shape index (κ3) is 5.06. The van der Waals surface area contributed by atoms with Crippen LogP contribution in [0, 0.1) is 27.7 Å². The molecule has 3 aromatic carbocycles. The molecule has 2 aromatic heterocycles. The van der Waals surface area contributed by atoms with Crippen molar-refractivity contribution >= 4 is 51.5 Å². The summed E-state index contributed by atoms with van der Waals surface area (Å²) in [6.07, 6.45) is 2.50. The maximum absolute atomic E-state index is 14.8. The molecule has 3 heterocycles. The molecule has 242 valence electrons. The van der Waals surface area contributed by atoms with Crippen molar-refractivity contribution in [3.63, 3.8) is 0 Å². The molecule has 9 heteroatoms. The van der Waals surface area contributed by atoms with Crippen LogP contribution in [0.5, 0.6) is 5.75 Å². The van der Waals surface area contributed by atoms with Crippen LogP contribution in [0.3, 0.4) is 0 Å². The molecule has 2 aliphatic rings.